The normalized spacial score (nSPS) is 25.9. The number of nitrogens with zero attached hydrogens (tertiary/aromatic N) is 1. The minimum absolute atomic E-state index is 0.226. The van der Waals surface area contributed by atoms with Crippen LogP contribution < -0.4 is 0 Å². The van der Waals surface area contributed by atoms with E-state index in [1.54, 1.807) is 0 Å². The monoisotopic (exact) mass is 219 g/mol. The van der Waals surface area contributed by atoms with Crippen molar-refractivity contribution in [1.29, 1.82) is 0 Å². The van der Waals surface area contributed by atoms with Gasteiger partial charge in [0.2, 0.25) is 0 Å². The first-order valence-electron chi connectivity index (χ1n) is 5.57. The molecule has 1 aliphatic heterocycles. The average Bonchev–Trinajstić information content (AvgIpc) is 2.60. The summed E-state index contributed by atoms with van der Waals surface area (Å²) in [5, 5.41) is 9.02. The van der Waals surface area contributed by atoms with Crippen LogP contribution in [-0.2, 0) is 4.79 Å². The molecule has 1 aliphatic rings. The Labute approximate surface area is 95.7 Å². The summed E-state index contributed by atoms with van der Waals surface area (Å²) in [4.78, 5) is 13.1. The number of rotatable bonds is 2. The Bertz CT molecular complexity index is 403. The van der Waals surface area contributed by atoms with E-state index >= 15 is 0 Å². The van der Waals surface area contributed by atoms with Crippen LogP contribution >= 0.6 is 0 Å². The first-order valence-corrected chi connectivity index (χ1v) is 5.57. The van der Waals surface area contributed by atoms with Gasteiger partial charge in [-0.1, -0.05) is 29.8 Å². The van der Waals surface area contributed by atoms with Gasteiger partial charge in [-0.3, -0.25) is 9.69 Å². The second-order valence-corrected chi connectivity index (χ2v) is 4.64. The third-order valence-electron chi connectivity index (χ3n) is 3.32. The first kappa shape index (κ1) is 11.1. The maximum atomic E-state index is 11.0. The van der Waals surface area contributed by atoms with Gasteiger partial charge in [-0.05, 0) is 26.0 Å². The Hall–Kier alpha value is -1.35. The molecule has 1 heterocycles. The smallest absolute Gasteiger partial charge is 0.307 e. The third kappa shape index (κ3) is 2.09. The molecule has 2 unspecified atom stereocenters. The molecule has 0 radical (unpaired) electrons. The molecular weight excluding hydrogens is 202 g/mol. The highest BCUT2D eigenvalue weighted by atomic mass is 16.4. The molecule has 0 spiro atoms. The van der Waals surface area contributed by atoms with Crippen molar-refractivity contribution < 1.29 is 9.90 Å². The summed E-state index contributed by atoms with van der Waals surface area (Å²) < 4.78 is 0. The lowest BCUT2D eigenvalue weighted by atomic mass is 9.99. The quantitative estimate of drug-likeness (QED) is 0.827. The van der Waals surface area contributed by atoms with Crippen LogP contribution in [-0.4, -0.2) is 29.6 Å². The largest absolute Gasteiger partial charge is 0.481 e. The highest BCUT2D eigenvalue weighted by Gasteiger charge is 2.34. The molecule has 0 aromatic heterocycles. The standard InChI is InChI=1S/C13H17NO2/c1-9-4-3-5-10(6-9)12-7-11(13(15)16)8-14(12)2/h3-6,11-12H,7-8H2,1-2H3,(H,15,16). The third-order valence-corrected chi connectivity index (χ3v) is 3.32. The van der Waals surface area contributed by atoms with E-state index in [9.17, 15) is 4.79 Å². The van der Waals surface area contributed by atoms with Gasteiger partial charge < -0.3 is 5.11 Å². The maximum absolute atomic E-state index is 11.0. The van der Waals surface area contributed by atoms with Crippen LogP contribution in [0.1, 0.15) is 23.6 Å². The minimum Gasteiger partial charge on any atom is -0.481 e. The second kappa shape index (κ2) is 4.26. The van der Waals surface area contributed by atoms with Crippen molar-refractivity contribution in [3.63, 3.8) is 0 Å². The lowest BCUT2D eigenvalue weighted by Crippen LogP contribution is -2.20. The van der Waals surface area contributed by atoms with E-state index in [0.29, 0.717) is 6.54 Å². The van der Waals surface area contributed by atoms with Gasteiger partial charge in [0.05, 0.1) is 5.92 Å². The number of carbonyl (C=O) groups is 1. The topological polar surface area (TPSA) is 40.5 Å². The Morgan fingerprint density at radius 2 is 2.25 bits per heavy atom. The van der Waals surface area contributed by atoms with Gasteiger partial charge in [0.15, 0.2) is 0 Å². The van der Waals surface area contributed by atoms with E-state index < -0.39 is 5.97 Å². The van der Waals surface area contributed by atoms with Crippen molar-refractivity contribution in [3.05, 3.63) is 35.4 Å². The fraction of sp³-hybridized carbons (Fsp3) is 0.462. The van der Waals surface area contributed by atoms with Crippen molar-refractivity contribution in [3.8, 4) is 0 Å². The SMILES string of the molecule is Cc1cccc(C2CC(C(=O)O)CN2C)c1. The molecule has 0 saturated carbocycles. The van der Waals surface area contributed by atoms with Crippen molar-refractivity contribution in [1.82, 2.24) is 4.90 Å². The highest BCUT2D eigenvalue weighted by molar-refractivity contribution is 5.70. The molecule has 0 aliphatic carbocycles. The number of aryl methyl sites for hydroxylation is 1. The fourth-order valence-electron chi connectivity index (χ4n) is 2.45. The van der Waals surface area contributed by atoms with Gasteiger partial charge >= 0.3 is 5.97 Å². The molecule has 16 heavy (non-hydrogen) atoms. The molecule has 2 rings (SSSR count). The van der Waals surface area contributed by atoms with Gasteiger partial charge in [0, 0.05) is 12.6 Å². The van der Waals surface area contributed by atoms with E-state index in [1.807, 2.05) is 13.1 Å². The molecule has 1 N–H and O–H groups in total. The van der Waals surface area contributed by atoms with Crippen LogP contribution in [0, 0.1) is 12.8 Å². The molecule has 2 atom stereocenters. The zero-order valence-corrected chi connectivity index (χ0v) is 9.68. The number of hydrogen-bond acceptors (Lipinski definition) is 2. The number of carboxylic acid groups (broad SMARTS) is 1. The summed E-state index contributed by atoms with van der Waals surface area (Å²) >= 11 is 0. The predicted octanol–water partition coefficient (Wildman–Crippen LogP) is 2.07. The summed E-state index contributed by atoms with van der Waals surface area (Å²) in [6, 6.07) is 8.57. The Balaban J connectivity index is 2.19. The molecule has 0 bridgehead atoms. The second-order valence-electron chi connectivity index (χ2n) is 4.64. The van der Waals surface area contributed by atoms with Crippen LogP contribution in [0.3, 0.4) is 0 Å². The number of likely N-dealkylation sites (tertiary alicyclic amines) is 1. The molecular formula is C13H17NO2. The Morgan fingerprint density at radius 3 is 2.81 bits per heavy atom. The molecule has 86 valence electrons. The molecule has 1 fully saturated rings. The summed E-state index contributed by atoms with van der Waals surface area (Å²) in [5.41, 5.74) is 2.45. The van der Waals surface area contributed by atoms with Gasteiger partial charge in [0.25, 0.3) is 0 Å². The molecule has 1 aromatic rings. The molecule has 3 nitrogen and oxygen atoms in total. The number of aliphatic carboxylic acids is 1. The van der Waals surface area contributed by atoms with Gasteiger partial charge in [-0.2, -0.15) is 0 Å². The van der Waals surface area contributed by atoms with Crippen LogP contribution in [0.4, 0.5) is 0 Å². The van der Waals surface area contributed by atoms with Crippen LogP contribution in [0.15, 0.2) is 24.3 Å². The van der Waals surface area contributed by atoms with Crippen molar-refractivity contribution in [2.24, 2.45) is 5.92 Å². The minimum atomic E-state index is -0.679. The fourth-order valence-corrected chi connectivity index (χ4v) is 2.45. The molecule has 0 amide bonds. The van der Waals surface area contributed by atoms with Crippen LogP contribution in [0.25, 0.3) is 0 Å². The van der Waals surface area contributed by atoms with E-state index in [-0.39, 0.29) is 12.0 Å². The van der Waals surface area contributed by atoms with Crippen LogP contribution in [0.2, 0.25) is 0 Å². The average molecular weight is 219 g/mol. The number of benzene rings is 1. The first-order chi connectivity index (χ1) is 7.58. The van der Waals surface area contributed by atoms with Crippen molar-refractivity contribution >= 4 is 5.97 Å². The lowest BCUT2D eigenvalue weighted by molar-refractivity contribution is -0.141. The summed E-state index contributed by atoms with van der Waals surface area (Å²) in [7, 11) is 2.00. The van der Waals surface area contributed by atoms with E-state index in [0.717, 1.165) is 6.42 Å². The zero-order valence-electron chi connectivity index (χ0n) is 9.68. The summed E-state index contributed by atoms with van der Waals surface area (Å²) in [5.74, 6) is -0.905. The molecule has 3 heteroatoms. The van der Waals surface area contributed by atoms with Gasteiger partial charge in [-0.25, -0.2) is 0 Å². The molecule has 1 saturated heterocycles. The van der Waals surface area contributed by atoms with Crippen molar-refractivity contribution in [2.75, 3.05) is 13.6 Å². The number of hydrogen-bond donors (Lipinski definition) is 1. The summed E-state index contributed by atoms with van der Waals surface area (Å²) in [6.07, 6.45) is 0.718. The van der Waals surface area contributed by atoms with E-state index in [1.165, 1.54) is 11.1 Å². The lowest BCUT2D eigenvalue weighted by Gasteiger charge is -2.19. The predicted molar refractivity (Wildman–Crippen MR) is 62.3 cm³/mol. The highest BCUT2D eigenvalue weighted by Crippen LogP contribution is 2.34. The van der Waals surface area contributed by atoms with Gasteiger partial charge in [0.1, 0.15) is 0 Å². The van der Waals surface area contributed by atoms with Crippen LogP contribution in [0.5, 0.6) is 0 Å². The Morgan fingerprint density at radius 1 is 1.50 bits per heavy atom. The summed E-state index contributed by atoms with van der Waals surface area (Å²) in [6.45, 7) is 2.71. The van der Waals surface area contributed by atoms with Gasteiger partial charge in [-0.15, -0.1) is 0 Å². The Kier molecular flexibility index (Phi) is 2.97. The number of carboxylic acids is 1. The maximum Gasteiger partial charge on any atom is 0.307 e. The van der Waals surface area contributed by atoms with Crippen molar-refractivity contribution in [2.45, 2.75) is 19.4 Å². The van der Waals surface area contributed by atoms with E-state index in [2.05, 4.69) is 30.0 Å². The zero-order chi connectivity index (χ0) is 11.7. The molecule has 1 aromatic carbocycles. The van der Waals surface area contributed by atoms with E-state index in [4.69, 9.17) is 5.11 Å².